The lowest BCUT2D eigenvalue weighted by molar-refractivity contribution is -0.137. The van der Waals surface area contributed by atoms with Crippen molar-refractivity contribution in [1.82, 2.24) is 5.32 Å². The van der Waals surface area contributed by atoms with Gasteiger partial charge in [-0.05, 0) is 38.0 Å². The van der Waals surface area contributed by atoms with Crippen LogP contribution < -0.4 is 5.32 Å². The van der Waals surface area contributed by atoms with Gasteiger partial charge in [0.05, 0.1) is 23.7 Å². The topological polar surface area (TPSA) is 113 Å². The molecule has 1 aliphatic heterocycles. The van der Waals surface area contributed by atoms with E-state index >= 15 is 0 Å². The SMILES string of the molecule is CCOC(=O)/C=C/c1ccccc1C1C(C(=O)O)=C(C)NC(C)=C1C(=O)O. The second kappa shape index (κ2) is 8.35. The van der Waals surface area contributed by atoms with E-state index in [0.29, 0.717) is 22.5 Å². The zero-order valence-electron chi connectivity index (χ0n) is 15.3. The normalized spacial score (nSPS) is 15.1. The first-order valence-corrected chi connectivity index (χ1v) is 8.36. The van der Waals surface area contributed by atoms with Crippen molar-refractivity contribution >= 4 is 24.0 Å². The molecule has 0 unspecified atom stereocenters. The number of dihydropyridines is 1. The van der Waals surface area contributed by atoms with Gasteiger partial charge in [0.2, 0.25) is 0 Å². The number of carboxylic acid groups (broad SMARTS) is 2. The van der Waals surface area contributed by atoms with Gasteiger partial charge in [0, 0.05) is 17.5 Å². The van der Waals surface area contributed by atoms with Crippen LogP contribution in [0.15, 0.2) is 52.9 Å². The molecule has 3 N–H and O–H groups in total. The van der Waals surface area contributed by atoms with E-state index < -0.39 is 23.8 Å². The second-order valence-corrected chi connectivity index (χ2v) is 5.96. The molecule has 0 atom stereocenters. The van der Waals surface area contributed by atoms with E-state index in [2.05, 4.69) is 5.32 Å². The number of aliphatic carboxylic acids is 2. The van der Waals surface area contributed by atoms with Gasteiger partial charge in [-0.1, -0.05) is 24.3 Å². The minimum absolute atomic E-state index is 0.0463. The molecule has 0 aromatic heterocycles. The van der Waals surface area contributed by atoms with E-state index in [1.165, 1.54) is 12.2 Å². The van der Waals surface area contributed by atoms with Gasteiger partial charge in [0.15, 0.2) is 0 Å². The van der Waals surface area contributed by atoms with Crippen LogP contribution in [-0.2, 0) is 19.1 Å². The molecule has 0 aliphatic carbocycles. The third-order valence-corrected chi connectivity index (χ3v) is 4.21. The number of carbonyl (C=O) groups is 3. The van der Waals surface area contributed by atoms with Crippen molar-refractivity contribution in [3.8, 4) is 0 Å². The highest BCUT2D eigenvalue weighted by Gasteiger charge is 2.37. The predicted octanol–water partition coefficient (Wildman–Crippen LogP) is 2.67. The van der Waals surface area contributed by atoms with Crippen molar-refractivity contribution in [2.24, 2.45) is 0 Å². The molecular formula is C20H21NO6. The molecule has 2 rings (SSSR count). The van der Waals surface area contributed by atoms with Gasteiger partial charge in [-0.2, -0.15) is 0 Å². The van der Waals surface area contributed by atoms with Gasteiger partial charge in [0.25, 0.3) is 0 Å². The number of ether oxygens (including phenoxy) is 1. The highest BCUT2D eigenvalue weighted by molar-refractivity contribution is 5.99. The molecule has 142 valence electrons. The maximum Gasteiger partial charge on any atom is 0.334 e. The molecule has 1 aliphatic rings. The molecule has 1 aromatic rings. The number of allylic oxidation sites excluding steroid dienone is 2. The highest BCUT2D eigenvalue weighted by Crippen LogP contribution is 2.39. The molecule has 1 aromatic carbocycles. The highest BCUT2D eigenvalue weighted by atomic mass is 16.5. The summed E-state index contributed by atoms with van der Waals surface area (Å²) in [6.07, 6.45) is 2.73. The molecule has 0 saturated heterocycles. The van der Waals surface area contributed by atoms with Crippen LogP contribution in [-0.4, -0.2) is 34.7 Å². The van der Waals surface area contributed by atoms with Crippen LogP contribution in [0, 0.1) is 0 Å². The largest absolute Gasteiger partial charge is 0.478 e. The van der Waals surface area contributed by atoms with E-state index in [4.69, 9.17) is 4.74 Å². The Hall–Kier alpha value is -3.35. The Labute approximate surface area is 156 Å². The van der Waals surface area contributed by atoms with E-state index in [1.807, 2.05) is 0 Å². The molecule has 0 fully saturated rings. The Balaban J connectivity index is 2.65. The molecule has 27 heavy (non-hydrogen) atoms. The first-order chi connectivity index (χ1) is 12.8. The minimum Gasteiger partial charge on any atom is -0.478 e. The summed E-state index contributed by atoms with van der Waals surface area (Å²) in [6, 6.07) is 6.77. The fourth-order valence-corrected chi connectivity index (χ4v) is 3.15. The van der Waals surface area contributed by atoms with Crippen molar-refractivity contribution in [3.63, 3.8) is 0 Å². The van der Waals surface area contributed by atoms with Crippen molar-refractivity contribution in [3.05, 3.63) is 64.0 Å². The van der Waals surface area contributed by atoms with Crippen molar-refractivity contribution < 1.29 is 29.3 Å². The summed E-state index contributed by atoms with van der Waals surface area (Å²) in [4.78, 5) is 35.4. The van der Waals surface area contributed by atoms with Crippen LogP contribution in [0.5, 0.6) is 0 Å². The Bertz CT molecular complexity index is 842. The molecule has 7 heteroatoms. The van der Waals surface area contributed by atoms with E-state index in [1.54, 1.807) is 45.0 Å². The van der Waals surface area contributed by atoms with Crippen LogP contribution in [0.2, 0.25) is 0 Å². The Kier molecular flexibility index (Phi) is 6.18. The van der Waals surface area contributed by atoms with E-state index in [0.717, 1.165) is 0 Å². The Morgan fingerprint density at radius 2 is 1.63 bits per heavy atom. The number of hydrogen-bond donors (Lipinski definition) is 3. The lowest BCUT2D eigenvalue weighted by Gasteiger charge is -2.29. The van der Waals surface area contributed by atoms with Crippen molar-refractivity contribution in [1.29, 1.82) is 0 Å². The van der Waals surface area contributed by atoms with Crippen molar-refractivity contribution in [2.45, 2.75) is 26.7 Å². The van der Waals surface area contributed by atoms with Crippen LogP contribution in [0.3, 0.4) is 0 Å². The molecule has 0 spiro atoms. The van der Waals surface area contributed by atoms with Gasteiger partial charge < -0.3 is 20.3 Å². The Morgan fingerprint density at radius 1 is 1.07 bits per heavy atom. The van der Waals surface area contributed by atoms with Gasteiger partial charge in [0.1, 0.15) is 0 Å². The molecule has 0 saturated carbocycles. The summed E-state index contributed by atoms with van der Waals surface area (Å²) in [7, 11) is 0. The fraction of sp³-hybridized carbons (Fsp3) is 0.250. The summed E-state index contributed by atoms with van der Waals surface area (Å²) >= 11 is 0. The van der Waals surface area contributed by atoms with Crippen LogP contribution in [0.4, 0.5) is 0 Å². The summed E-state index contributed by atoms with van der Waals surface area (Å²) in [5.41, 5.74) is 1.67. The average molecular weight is 371 g/mol. The Morgan fingerprint density at radius 3 is 2.15 bits per heavy atom. The zero-order chi connectivity index (χ0) is 20.1. The summed E-state index contributed by atoms with van der Waals surface area (Å²) in [5, 5.41) is 22.2. The maximum absolute atomic E-state index is 11.9. The van der Waals surface area contributed by atoms with Gasteiger partial charge in [-0.15, -0.1) is 0 Å². The minimum atomic E-state index is -1.21. The van der Waals surface area contributed by atoms with Gasteiger partial charge >= 0.3 is 17.9 Å². The van der Waals surface area contributed by atoms with E-state index in [9.17, 15) is 24.6 Å². The number of nitrogens with one attached hydrogen (secondary N) is 1. The third-order valence-electron chi connectivity index (χ3n) is 4.21. The molecule has 0 bridgehead atoms. The third kappa shape index (κ3) is 4.25. The first kappa shape index (κ1) is 20.0. The summed E-state index contributed by atoms with van der Waals surface area (Å²) < 4.78 is 4.86. The summed E-state index contributed by atoms with van der Waals surface area (Å²) in [6.45, 7) is 5.11. The maximum atomic E-state index is 11.9. The average Bonchev–Trinajstić information content (AvgIpc) is 2.59. The smallest absolute Gasteiger partial charge is 0.334 e. The van der Waals surface area contributed by atoms with Crippen LogP contribution in [0.1, 0.15) is 37.8 Å². The lowest BCUT2D eigenvalue weighted by Crippen LogP contribution is -2.31. The fourth-order valence-electron chi connectivity index (χ4n) is 3.15. The summed E-state index contributed by atoms with van der Waals surface area (Å²) in [5.74, 6) is -3.93. The lowest BCUT2D eigenvalue weighted by atomic mass is 9.78. The number of esters is 1. The predicted molar refractivity (Wildman–Crippen MR) is 98.7 cm³/mol. The van der Waals surface area contributed by atoms with E-state index in [-0.39, 0.29) is 17.8 Å². The van der Waals surface area contributed by atoms with Gasteiger partial charge in [-0.3, -0.25) is 0 Å². The van der Waals surface area contributed by atoms with Crippen LogP contribution in [0.25, 0.3) is 6.08 Å². The standard InChI is InChI=1S/C20H21NO6/c1-4-27-15(22)10-9-13-7-5-6-8-14(13)18-16(19(23)24)11(2)21-12(3)17(18)20(25)26/h5-10,18,21H,4H2,1-3H3,(H,23,24)(H,25,26)/b10-9+. The molecule has 0 radical (unpaired) electrons. The quantitative estimate of drug-likeness (QED) is 0.520. The number of rotatable bonds is 6. The zero-order valence-corrected chi connectivity index (χ0v) is 15.3. The number of carbonyl (C=O) groups excluding carboxylic acids is 1. The second-order valence-electron chi connectivity index (χ2n) is 5.96. The number of carboxylic acids is 2. The van der Waals surface area contributed by atoms with Gasteiger partial charge in [-0.25, -0.2) is 14.4 Å². The molecule has 7 nitrogen and oxygen atoms in total. The monoisotopic (exact) mass is 371 g/mol. The van der Waals surface area contributed by atoms with Crippen molar-refractivity contribution in [2.75, 3.05) is 6.61 Å². The molecule has 1 heterocycles. The number of hydrogen-bond acceptors (Lipinski definition) is 5. The first-order valence-electron chi connectivity index (χ1n) is 8.36. The molecule has 0 amide bonds. The van der Waals surface area contributed by atoms with Crippen LogP contribution >= 0.6 is 0 Å². The molecular weight excluding hydrogens is 350 g/mol. The number of benzene rings is 1.